The third kappa shape index (κ3) is 3.69. The summed E-state index contributed by atoms with van der Waals surface area (Å²) in [5.74, 6) is -0.0522. The number of anilines is 1. The van der Waals surface area contributed by atoms with Crippen molar-refractivity contribution in [3.8, 4) is 0 Å². The maximum atomic E-state index is 13.4. The van der Waals surface area contributed by atoms with Crippen molar-refractivity contribution in [1.82, 2.24) is 4.90 Å². The van der Waals surface area contributed by atoms with Gasteiger partial charge in [-0.15, -0.1) is 0 Å². The second-order valence-electron chi connectivity index (χ2n) is 8.40. The normalized spacial score (nSPS) is 18.4. The van der Waals surface area contributed by atoms with Crippen LogP contribution in [0.5, 0.6) is 0 Å². The Morgan fingerprint density at radius 3 is 2.31 bits per heavy atom. The number of likely N-dealkylation sites (tertiary alicyclic amines) is 1. The molecule has 0 radical (unpaired) electrons. The molecule has 0 aliphatic carbocycles. The zero-order valence-corrected chi connectivity index (χ0v) is 18.7. The fourth-order valence-electron chi connectivity index (χ4n) is 4.84. The van der Waals surface area contributed by atoms with Gasteiger partial charge in [-0.2, -0.15) is 0 Å². The lowest BCUT2D eigenvalue weighted by Crippen LogP contribution is -2.35. The molecule has 1 atom stereocenters. The molecule has 0 aromatic heterocycles. The maximum Gasteiger partial charge on any atom is 0.264 e. The van der Waals surface area contributed by atoms with Crippen LogP contribution in [0.3, 0.4) is 0 Å². The van der Waals surface area contributed by atoms with E-state index in [2.05, 4.69) is 12.1 Å². The van der Waals surface area contributed by atoms with Crippen LogP contribution in [0.4, 0.5) is 5.69 Å². The largest absolute Gasteiger partial charge is 0.332 e. The van der Waals surface area contributed by atoms with E-state index in [1.54, 1.807) is 24.3 Å². The van der Waals surface area contributed by atoms with Gasteiger partial charge in [0.25, 0.3) is 15.9 Å². The van der Waals surface area contributed by atoms with Crippen molar-refractivity contribution in [2.75, 3.05) is 17.4 Å². The topological polar surface area (TPSA) is 57.7 Å². The van der Waals surface area contributed by atoms with E-state index in [9.17, 15) is 13.2 Å². The molecule has 5 nitrogen and oxygen atoms in total. The Morgan fingerprint density at radius 2 is 1.53 bits per heavy atom. The Hall–Kier alpha value is -3.12. The summed E-state index contributed by atoms with van der Waals surface area (Å²) in [4.78, 5) is 15.3. The molecule has 1 unspecified atom stereocenters. The molecular weight excluding hydrogens is 420 g/mol. The highest BCUT2D eigenvalue weighted by Gasteiger charge is 2.32. The minimum Gasteiger partial charge on any atom is -0.332 e. The number of amides is 1. The highest BCUT2D eigenvalue weighted by Crippen LogP contribution is 2.34. The molecule has 32 heavy (non-hydrogen) atoms. The van der Waals surface area contributed by atoms with Gasteiger partial charge < -0.3 is 4.90 Å². The van der Waals surface area contributed by atoms with Crippen molar-refractivity contribution in [2.24, 2.45) is 0 Å². The predicted molar refractivity (Wildman–Crippen MR) is 125 cm³/mol. The molecule has 3 aromatic carbocycles. The van der Waals surface area contributed by atoms with Gasteiger partial charge >= 0.3 is 0 Å². The van der Waals surface area contributed by atoms with Crippen molar-refractivity contribution in [3.63, 3.8) is 0 Å². The smallest absolute Gasteiger partial charge is 0.264 e. The number of hydrogen-bond acceptors (Lipinski definition) is 3. The second kappa shape index (κ2) is 8.43. The first-order valence-electron chi connectivity index (χ1n) is 11.1. The van der Waals surface area contributed by atoms with Crippen molar-refractivity contribution >= 4 is 21.6 Å². The van der Waals surface area contributed by atoms with E-state index >= 15 is 0 Å². The van der Waals surface area contributed by atoms with E-state index in [0.717, 1.165) is 42.5 Å². The summed E-state index contributed by atoms with van der Waals surface area (Å²) in [7, 11) is -3.68. The Balaban J connectivity index is 1.39. The lowest BCUT2D eigenvalue weighted by molar-refractivity contribution is 0.0735. The number of sulfonamides is 1. The molecule has 0 spiro atoms. The predicted octanol–water partition coefficient (Wildman–Crippen LogP) is 4.81. The van der Waals surface area contributed by atoms with Gasteiger partial charge in [0, 0.05) is 18.7 Å². The summed E-state index contributed by atoms with van der Waals surface area (Å²) in [5.41, 5.74) is 3.46. The molecule has 1 fully saturated rings. The van der Waals surface area contributed by atoms with Gasteiger partial charge in [0.15, 0.2) is 0 Å². The van der Waals surface area contributed by atoms with Crippen molar-refractivity contribution in [1.29, 1.82) is 0 Å². The van der Waals surface area contributed by atoms with E-state index < -0.39 is 10.0 Å². The number of hydrogen-bond donors (Lipinski definition) is 0. The van der Waals surface area contributed by atoms with Gasteiger partial charge in [0.1, 0.15) is 0 Å². The van der Waals surface area contributed by atoms with Crippen LogP contribution in [-0.4, -0.2) is 32.3 Å². The fraction of sp³-hybridized carbons (Fsp3) is 0.269. The molecule has 3 aromatic rings. The lowest BCUT2D eigenvalue weighted by atomic mass is 10.0. The number of carbonyl (C=O) groups excluding carboxylic acids is 1. The van der Waals surface area contributed by atoms with Crippen LogP contribution >= 0.6 is 0 Å². The van der Waals surface area contributed by atoms with Crippen LogP contribution in [0.1, 0.15) is 46.8 Å². The van der Waals surface area contributed by atoms with Gasteiger partial charge in [-0.1, -0.05) is 48.5 Å². The fourth-order valence-corrected chi connectivity index (χ4v) is 6.38. The Bertz CT molecular complexity index is 1220. The van der Waals surface area contributed by atoms with Crippen molar-refractivity contribution in [2.45, 2.75) is 36.6 Å². The maximum absolute atomic E-state index is 13.4. The summed E-state index contributed by atoms with van der Waals surface area (Å²) < 4.78 is 28.2. The van der Waals surface area contributed by atoms with E-state index in [4.69, 9.17) is 0 Å². The molecule has 1 saturated heterocycles. The summed E-state index contributed by atoms with van der Waals surface area (Å²) in [6, 6.07) is 24.2. The summed E-state index contributed by atoms with van der Waals surface area (Å²) in [5, 5.41) is 0. The molecule has 2 aliphatic heterocycles. The minimum absolute atomic E-state index is 0.0522. The number of rotatable bonds is 4. The zero-order valence-electron chi connectivity index (χ0n) is 17.9. The molecule has 2 heterocycles. The summed E-state index contributed by atoms with van der Waals surface area (Å²) in [6.07, 6.45) is 3.58. The van der Waals surface area contributed by atoms with E-state index in [1.165, 1.54) is 4.31 Å². The molecule has 164 valence electrons. The standard InChI is InChI=1S/C26H26N2O3S/c29-26(27-18-7-13-24(27)20-8-2-1-3-9-20)22-14-16-23(17-15-22)32(30,31)28-19-6-11-21-10-4-5-12-25(21)28/h1-5,8-10,12,14-17,24H,6-7,11,13,18-19H2. The van der Waals surface area contributed by atoms with E-state index in [-0.39, 0.29) is 16.8 Å². The SMILES string of the molecule is O=C(c1ccc(S(=O)(=O)N2CCCc3ccccc32)cc1)N1CCCC1c1ccccc1. The van der Waals surface area contributed by atoms with Crippen molar-refractivity contribution in [3.05, 3.63) is 95.6 Å². The highest BCUT2D eigenvalue weighted by molar-refractivity contribution is 7.92. The van der Waals surface area contributed by atoms with Crippen LogP contribution in [0.25, 0.3) is 0 Å². The minimum atomic E-state index is -3.68. The molecule has 1 amide bonds. The Morgan fingerprint density at radius 1 is 0.812 bits per heavy atom. The van der Waals surface area contributed by atoms with Crippen molar-refractivity contribution < 1.29 is 13.2 Å². The van der Waals surface area contributed by atoms with Gasteiger partial charge in [0.2, 0.25) is 0 Å². The average molecular weight is 447 g/mol. The third-order valence-electron chi connectivity index (χ3n) is 6.45. The van der Waals surface area contributed by atoms with Gasteiger partial charge in [0.05, 0.1) is 16.6 Å². The van der Waals surface area contributed by atoms with Crippen LogP contribution < -0.4 is 4.31 Å². The Kier molecular flexibility index (Phi) is 5.47. The molecule has 6 heteroatoms. The summed E-state index contributed by atoms with van der Waals surface area (Å²) in [6.45, 7) is 1.18. The Labute approximate surface area is 189 Å². The van der Waals surface area contributed by atoms with Crippen LogP contribution in [0, 0.1) is 0 Å². The van der Waals surface area contributed by atoms with E-state index in [0.29, 0.717) is 18.7 Å². The molecule has 0 N–H and O–H groups in total. The first-order valence-corrected chi connectivity index (χ1v) is 12.6. The number of para-hydroxylation sites is 1. The molecule has 0 saturated carbocycles. The number of carbonyl (C=O) groups is 1. The summed E-state index contributed by atoms with van der Waals surface area (Å²) >= 11 is 0. The second-order valence-corrected chi connectivity index (χ2v) is 10.3. The number of fused-ring (bicyclic) bond motifs is 1. The van der Waals surface area contributed by atoms with Gasteiger partial charge in [-0.05, 0) is 67.1 Å². The van der Waals surface area contributed by atoms with E-state index in [1.807, 2.05) is 47.4 Å². The number of benzene rings is 3. The third-order valence-corrected chi connectivity index (χ3v) is 8.28. The van der Waals surface area contributed by atoms with Crippen LogP contribution in [-0.2, 0) is 16.4 Å². The number of aryl methyl sites for hydroxylation is 1. The molecule has 5 rings (SSSR count). The first-order chi connectivity index (χ1) is 15.6. The average Bonchev–Trinajstić information content (AvgIpc) is 3.34. The molecule has 2 aliphatic rings. The first kappa shape index (κ1) is 20.8. The molecular formula is C26H26N2O3S. The van der Waals surface area contributed by atoms with Gasteiger partial charge in [-0.25, -0.2) is 8.42 Å². The quantitative estimate of drug-likeness (QED) is 0.578. The monoisotopic (exact) mass is 446 g/mol. The highest BCUT2D eigenvalue weighted by atomic mass is 32.2. The van der Waals surface area contributed by atoms with Crippen LogP contribution in [0.2, 0.25) is 0 Å². The molecule has 0 bridgehead atoms. The van der Waals surface area contributed by atoms with Crippen LogP contribution in [0.15, 0.2) is 83.8 Å². The number of nitrogens with zero attached hydrogens (tertiary/aromatic N) is 2. The van der Waals surface area contributed by atoms with Gasteiger partial charge in [-0.3, -0.25) is 9.10 Å². The lowest BCUT2D eigenvalue weighted by Gasteiger charge is -2.30. The zero-order chi connectivity index (χ0) is 22.1.